The average molecular weight is 202 g/mol. The van der Waals surface area contributed by atoms with Crippen molar-refractivity contribution in [2.24, 2.45) is 5.73 Å². The second kappa shape index (κ2) is 4.08. The van der Waals surface area contributed by atoms with Crippen molar-refractivity contribution in [3.05, 3.63) is 6.20 Å². The summed E-state index contributed by atoms with van der Waals surface area (Å²) in [4.78, 5) is 14.2. The number of nitrogens with two attached hydrogens (primary N) is 1. The first-order valence-electron chi connectivity index (χ1n) is 3.67. The number of ether oxygens (including phenoxy) is 2. The Balaban J connectivity index is 2.58. The van der Waals surface area contributed by atoms with Crippen LogP contribution in [0.15, 0.2) is 6.20 Å². The van der Waals surface area contributed by atoms with Gasteiger partial charge in [0.1, 0.15) is 0 Å². The van der Waals surface area contributed by atoms with E-state index in [0.29, 0.717) is 10.3 Å². The quantitative estimate of drug-likeness (QED) is 0.803. The summed E-state index contributed by atoms with van der Waals surface area (Å²) in [6, 6.07) is 0. The molecule has 0 radical (unpaired) electrons. The largest absolute Gasteiger partial charge is 0.467 e. The molecule has 1 aromatic rings. The molecular formula is C7H10N2O3S. The zero-order valence-corrected chi connectivity index (χ0v) is 8.13. The van der Waals surface area contributed by atoms with E-state index in [2.05, 4.69) is 9.72 Å². The summed E-state index contributed by atoms with van der Waals surface area (Å²) in [6.07, 6.45) is 0.597. The van der Waals surface area contributed by atoms with Gasteiger partial charge >= 0.3 is 6.09 Å². The molecular weight excluding hydrogens is 192 g/mol. The highest BCUT2D eigenvalue weighted by atomic mass is 32.1. The van der Waals surface area contributed by atoms with Crippen LogP contribution in [0.25, 0.3) is 0 Å². The van der Waals surface area contributed by atoms with Crippen LogP contribution in [-0.4, -0.2) is 17.2 Å². The fourth-order valence-corrected chi connectivity index (χ4v) is 1.39. The SMILES string of the molecule is CC(C)Oc1ncc(OC(N)=O)s1. The van der Waals surface area contributed by atoms with Gasteiger partial charge in [-0.1, -0.05) is 0 Å². The van der Waals surface area contributed by atoms with E-state index >= 15 is 0 Å². The van der Waals surface area contributed by atoms with Crippen molar-refractivity contribution >= 4 is 17.4 Å². The van der Waals surface area contributed by atoms with Crippen molar-refractivity contribution in [2.75, 3.05) is 0 Å². The van der Waals surface area contributed by atoms with Crippen LogP contribution < -0.4 is 15.2 Å². The third-order valence-corrected chi connectivity index (χ3v) is 1.77. The van der Waals surface area contributed by atoms with Crippen molar-refractivity contribution in [3.8, 4) is 10.3 Å². The Hall–Kier alpha value is -1.30. The van der Waals surface area contributed by atoms with E-state index in [1.165, 1.54) is 6.20 Å². The summed E-state index contributed by atoms with van der Waals surface area (Å²) in [7, 11) is 0. The van der Waals surface area contributed by atoms with Gasteiger partial charge in [0.2, 0.25) is 5.06 Å². The summed E-state index contributed by atoms with van der Waals surface area (Å²) in [6.45, 7) is 3.77. The molecule has 0 aliphatic rings. The van der Waals surface area contributed by atoms with Crippen LogP contribution in [0.4, 0.5) is 4.79 Å². The molecule has 5 nitrogen and oxygen atoms in total. The van der Waals surface area contributed by atoms with Crippen molar-refractivity contribution in [2.45, 2.75) is 20.0 Å². The Morgan fingerprint density at radius 2 is 2.38 bits per heavy atom. The predicted octanol–water partition coefficient (Wildman–Crippen LogP) is 1.39. The zero-order chi connectivity index (χ0) is 9.84. The van der Waals surface area contributed by atoms with Gasteiger partial charge in [-0.05, 0) is 25.2 Å². The van der Waals surface area contributed by atoms with E-state index in [1.54, 1.807) is 0 Å². The predicted molar refractivity (Wildman–Crippen MR) is 48.1 cm³/mol. The van der Waals surface area contributed by atoms with E-state index < -0.39 is 6.09 Å². The molecule has 0 bridgehead atoms. The molecule has 13 heavy (non-hydrogen) atoms. The van der Waals surface area contributed by atoms with Crippen molar-refractivity contribution in [3.63, 3.8) is 0 Å². The minimum absolute atomic E-state index is 0.0487. The van der Waals surface area contributed by atoms with E-state index in [9.17, 15) is 4.79 Å². The molecule has 0 saturated carbocycles. The van der Waals surface area contributed by atoms with Gasteiger partial charge in [-0.15, -0.1) is 0 Å². The van der Waals surface area contributed by atoms with Gasteiger partial charge in [0.15, 0.2) is 0 Å². The molecule has 0 aliphatic heterocycles. The van der Waals surface area contributed by atoms with Crippen LogP contribution in [-0.2, 0) is 0 Å². The maximum absolute atomic E-state index is 10.3. The number of aromatic nitrogens is 1. The molecule has 2 N–H and O–H groups in total. The fraction of sp³-hybridized carbons (Fsp3) is 0.429. The molecule has 0 aromatic carbocycles. The van der Waals surface area contributed by atoms with Crippen LogP contribution in [0.3, 0.4) is 0 Å². The third-order valence-electron chi connectivity index (χ3n) is 1.00. The number of amides is 1. The van der Waals surface area contributed by atoms with Crippen LogP contribution >= 0.6 is 11.3 Å². The van der Waals surface area contributed by atoms with Gasteiger partial charge in [0.25, 0.3) is 5.19 Å². The molecule has 72 valence electrons. The lowest BCUT2D eigenvalue weighted by atomic mass is 10.5. The van der Waals surface area contributed by atoms with Crippen molar-refractivity contribution in [1.82, 2.24) is 4.98 Å². The van der Waals surface area contributed by atoms with E-state index in [0.717, 1.165) is 11.3 Å². The normalized spacial score (nSPS) is 10.1. The van der Waals surface area contributed by atoms with Crippen molar-refractivity contribution < 1.29 is 14.3 Å². The topological polar surface area (TPSA) is 74.4 Å². The second-order valence-electron chi connectivity index (χ2n) is 2.53. The summed E-state index contributed by atoms with van der Waals surface area (Å²) in [5.41, 5.74) is 4.81. The van der Waals surface area contributed by atoms with Crippen LogP contribution in [0.1, 0.15) is 13.8 Å². The molecule has 6 heteroatoms. The average Bonchev–Trinajstić information content (AvgIpc) is 2.33. The maximum atomic E-state index is 10.3. The van der Waals surface area contributed by atoms with Crippen LogP contribution in [0, 0.1) is 0 Å². The molecule has 0 saturated heterocycles. The van der Waals surface area contributed by atoms with Gasteiger partial charge in [-0.25, -0.2) is 9.78 Å². The molecule has 1 heterocycles. The van der Waals surface area contributed by atoms with Crippen LogP contribution in [0.2, 0.25) is 0 Å². The molecule has 0 aliphatic carbocycles. The van der Waals surface area contributed by atoms with Crippen LogP contribution in [0.5, 0.6) is 10.3 Å². The number of rotatable bonds is 3. The van der Waals surface area contributed by atoms with Gasteiger partial charge in [-0.2, -0.15) is 0 Å². The first-order chi connectivity index (χ1) is 6.08. The fourth-order valence-electron chi connectivity index (χ4n) is 0.647. The second-order valence-corrected chi connectivity index (χ2v) is 3.49. The summed E-state index contributed by atoms with van der Waals surface area (Å²) in [5, 5.41) is 0.800. The molecule has 1 rings (SSSR count). The molecule has 1 aromatic heterocycles. The first-order valence-corrected chi connectivity index (χ1v) is 4.49. The Morgan fingerprint density at radius 3 is 2.92 bits per heavy atom. The zero-order valence-electron chi connectivity index (χ0n) is 7.31. The number of carbonyl (C=O) groups is 1. The van der Waals surface area contributed by atoms with E-state index in [-0.39, 0.29) is 6.10 Å². The highest BCUT2D eigenvalue weighted by Gasteiger charge is 2.07. The molecule has 0 atom stereocenters. The lowest BCUT2D eigenvalue weighted by Gasteiger charge is -2.03. The Morgan fingerprint density at radius 1 is 1.69 bits per heavy atom. The maximum Gasteiger partial charge on any atom is 0.410 e. The lowest BCUT2D eigenvalue weighted by molar-refractivity contribution is 0.212. The van der Waals surface area contributed by atoms with Crippen molar-refractivity contribution in [1.29, 1.82) is 0 Å². The monoisotopic (exact) mass is 202 g/mol. The summed E-state index contributed by atoms with van der Waals surface area (Å²) < 4.78 is 9.84. The number of hydrogen-bond acceptors (Lipinski definition) is 5. The highest BCUT2D eigenvalue weighted by Crippen LogP contribution is 2.27. The van der Waals surface area contributed by atoms with Gasteiger partial charge in [0.05, 0.1) is 12.3 Å². The number of primary amides is 1. The Bertz CT molecular complexity index is 298. The number of nitrogens with zero attached hydrogens (tertiary/aromatic N) is 1. The standard InChI is InChI=1S/C7H10N2O3S/c1-4(2)11-7-9-3-5(13-7)12-6(8)10/h3-4H,1-2H3,(H2,8,10). The summed E-state index contributed by atoms with van der Waals surface area (Å²) in [5.74, 6) is 0. The Labute approximate surface area is 79.5 Å². The smallest absolute Gasteiger partial charge is 0.410 e. The number of hydrogen-bond donors (Lipinski definition) is 1. The lowest BCUT2D eigenvalue weighted by Crippen LogP contribution is -2.15. The third kappa shape index (κ3) is 3.29. The van der Waals surface area contributed by atoms with Gasteiger partial charge in [0, 0.05) is 0 Å². The number of thiazole rings is 1. The number of carbonyl (C=O) groups excluding carboxylic acids is 1. The molecule has 1 amide bonds. The highest BCUT2D eigenvalue weighted by molar-refractivity contribution is 7.15. The first kappa shape index (κ1) is 9.79. The van der Waals surface area contributed by atoms with Gasteiger partial charge < -0.3 is 15.2 Å². The minimum Gasteiger partial charge on any atom is -0.467 e. The summed E-state index contributed by atoms with van der Waals surface area (Å²) >= 11 is 1.13. The molecule has 0 spiro atoms. The van der Waals surface area contributed by atoms with E-state index in [4.69, 9.17) is 10.5 Å². The Kier molecular flexibility index (Phi) is 3.07. The van der Waals surface area contributed by atoms with Gasteiger partial charge in [-0.3, -0.25) is 0 Å². The molecule has 0 unspecified atom stereocenters. The minimum atomic E-state index is -0.847. The molecule has 0 fully saturated rings. The van der Waals surface area contributed by atoms with E-state index in [1.807, 2.05) is 13.8 Å².